The van der Waals surface area contributed by atoms with Crippen LogP contribution in [0.5, 0.6) is 0 Å². The highest BCUT2D eigenvalue weighted by atomic mass is 127. The van der Waals surface area contributed by atoms with Gasteiger partial charge >= 0.3 is 0 Å². The van der Waals surface area contributed by atoms with Gasteiger partial charge in [0.15, 0.2) is 0 Å². The monoisotopic (exact) mass is 382 g/mol. The number of hydrogen-bond donors (Lipinski definition) is 2. The van der Waals surface area contributed by atoms with Crippen LogP contribution < -0.4 is 5.32 Å². The first-order chi connectivity index (χ1) is 8.65. The van der Waals surface area contributed by atoms with Gasteiger partial charge in [0.1, 0.15) is 0 Å². The lowest BCUT2D eigenvalue weighted by atomic mass is 10.3. The second-order valence-corrected chi connectivity index (χ2v) is 5.92. The van der Waals surface area contributed by atoms with Crippen molar-refractivity contribution >= 4 is 45.7 Å². The number of rotatable bonds is 8. The van der Waals surface area contributed by atoms with Crippen molar-refractivity contribution in [2.45, 2.75) is 6.42 Å². The van der Waals surface area contributed by atoms with Gasteiger partial charge in [0, 0.05) is 40.3 Å². The van der Waals surface area contributed by atoms with E-state index < -0.39 is 4.92 Å². The highest BCUT2D eigenvalue weighted by Gasteiger charge is 2.08. The molecule has 0 aliphatic rings. The summed E-state index contributed by atoms with van der Waals surface area (Å²) in [6, 6.07) is 4.80. The molecule has 0 spiro atoms. The number of nitrogens with one attached hydrogen (secondary N) is 1. The van der Waals surface area contributed by atoms with Crippen LogP contribution in [-0.4, -0.2) is 34.7 Å². The van der Waals surface area contributed by atoms with E-state index in [0.717, 1.165) is 33.7 Å². The summed E-state index contributed by atoms with van der Waals surface area (Å²) in [7, 11) is 0. The van der Waals surface area contributed by atoms with Gasteiger partial charge in [-0.25, -0.2) is 0 Å². The number of halogens is 1. The maximum atomic E-state index is 10.6. The zero-order valence-electron chi connectivity index (χ0n) is 9.76. The summed E-state index contributed by atoms with van der Waals surface area (Å²) >= 11 is 3.86. The lowest BCUT2D eigenvalue weighted by Crippen LogP contribution is -2.06. The fourth-order valence-electron chi connectivity index (χ4n) is 1.29. The summed E-state index contributed by atoms with van der Waals surface area (Å²) in [5.41, 5.74) is 1.03. The number of hydrogen-bond acceptors (Lipinski definition) is 5. The van der Waals surface area contributed by atoms with E-state index in [0.29, 0.717) is 0 Å². The van der Waals surface area contributed by atoms with Crippen LogP contribution in [0.25, 0.3) is 0 Å². The van der Waals surface area contributed by atoms with Gasteiger partial charge < -0.3 is 10.4 Å². The Morgan fingerprint density at radius 2 is 2.22 bits per heavy atom. The number of anilines is 1. The molecule has 0 amide bonds. The van der Waals surface area contributed by atoms with Gasteiger partial charge in [-0.3, -0.25) is 10.1 Å². The molecule has 0 radical (unpaired) electrons. The minimum atomic E-state index is -0.392. The molecule has 0 heterocycles. The second kappa shape index (κ2) is 8.54. The molecule has 0 saturated carbocycles. The largest absolute Gasteiger partial charge is 0.396 e. The Morgan fingerprint density at radius 1 is 1.44 bits per heavy atom. The van der Waals surface area contributed by atoms with Crippen molar-refractivity contribution in [2.24, 2.45) is 0 Å². The van der Waals surface area contributed by atoms with Crippen LogP contribution in [-0.2, 0) is 0 Å². The van der Waals surface area contributed by atoms with Crippen molar-refractivity contribution in [3.63, 3.8) is 0 Å². The van der Waals surface area contributed by atoms with Crippen molar-refractivity contribution in [3.05, 3.63) is 31.9 Å². The molecular formula is C11H15IN2O3S. The van der Waals surface area contributed by atoms with Gasteiger partial charge in [0.2, 0.25) is 0 Å². The van der Waals surface area contributed by atoms with Gasteiger partial charge in [-0.15, -0.1) is 0 Å². The first-order valence-electron chi connectivity index (χ1n) is 5.51. The van der Waals surface area contributed by atoms with E-state index in [1.54, 1.807) is 23.9 Å². The molecule has 100 valence electrons. The van der Waals surface area contributed by atoms with Crippen molar-refractivity contribution in [1.29, 1.82) is 0 Å². The molecular weight excluding hydrogens is 367 g/mol. The Labute approximate surface area is 124 Å². The molecule has 7 heteroatoms. The van der Waals surface area contributed by atoms with Gasteiger partial charge in [-0.05, 0) is 40.8 Å². The standard InChI is InChI=1S/C11H15IN2O3S/c12-10-8-9(14(16)17)2-3-11(10)13-4-7-18-6-1-5-15/h2-3,8,13,15H,1,4-7H2. The number of aliphatic hydroxyl groups excluding tert-OH is 1. The number of benzene rings is 1. The molecule has 1 aromatic carbocycles. The predicted octanol–water partition coefficient (Wildman–Crippen LogP) is 2.73. The number of nitrogens with zero attached hydrogens (tertiary/aromatic N) is 1. The average molecular weight is 382 g/mol. The predicted molar refractivity (Wildman–Crippen MR) is 83.3 cm³/mol. The number of thioether (sulfide) groups is 1. The molecule has 0 fully saturated rings. The average Bonchev–Trinajstić information content (AvgIpc) is 2.35. The molecule has 5 nitrogen and oxygen atoms in total. The molecule has 1 rings (SSSR count). The number of nitro groups is 1. The summed E-state index contributed by atoms with van der Waals surface area (Å²) in [4.78, 5) is 10.2. The normalized spacial score (nSPS) is 10.3. The van der Waals surface area contributed by atoms with Crippen LogP contribution in [0.4, 0.5) is 11.4 Å². The van der Waals surface area contributed by atoms with Gasteiger partial charge in [0.05, 0.1) is 4.92 Å². The van der Waals surface area contributed by atoms with Crippen molar-refractivity contribution < 1.29 is 10.0 Å². The molecule has 18 heavy (non-hydrogen) atoms. The number of non-ortho nitro benzene ring substituents is 1. The Kier molecular flexibility index (Phi) is 7.36. The Bertz CT molecular complexity index is 404. The fraction of sp³-hybridized carbons (Fsp3) is 0.455. The lowest BCUT2D eigenvalue weighted by molar-refractivity contribution is -0.384. The Balaban J connectivity index is 2.36. The van der Waals surface area contributed by atoms with Gasteiger partial charge in [-0.2, -0.15) is 11.8 Å². The summed E-state index contributed by atoms with van der Waals surface area (Å²) in [5.74, 6) is 1.91. The first kappa shape index (κ1) is 15.5. The zero-order chi connectivity index (χ0) is 13.4. The third kappa shape index (κ3) is 5.40. The molecule has 0 aliphatic carbocycles. The summed E-state index contributed by atoms with van der Waals surface area (Å²) in [6.07, 6.45) is 0.819. The van der Waals surface area contributed by atoms with E-state index in [-0.39, 0.29) is 12.3 Å². The fourth-order valence-corrected chi connectivity index (χ4v) is 2.76. The highest BCUT2D eigenvalue weighted by Crippen LogP contribution is 2.23. The molecule has 0 aromatic heterocycles. The highest BCUT2D eigenvalue weighted by molar-refractivity contribution is 14.1. The van der Waals surface area contributed by atoms with Crippen molar-refractivity contribution in [2.75, 3.05) is 30.0 Å². The van der Waals surface area contributed by atoms with E-state index in [1.165, 1.54) is 6.07 Å². The van der Waals surface area contributed by atoms with Gasteiger partial charge in [-0.1, -0.05) is 0 Å². The van der Waals surface area contributed by atoms with Crippen molar-refractivity contribution in [3.8, 4) is 0 Å². The van der Waals surface area contributed by atoms with Crippen LogP contribution in [0, 0.1) is 13.7 Å². The topological polar surface area (TPSA) is 75.4 Å². The van der Waals surface area contributed by atoms with Crippen LogP contribution in [0.15, 0.2) is 18.2 Å². The van der Waals surface area contributed by atoms with E-state index in [9.17, 15) is 10.1 Å². The van der Waals surface area contributed by atoms with Gasteiger partial charge in [0.25, 0.3) is 5.69 Å². The van der Waals surface area contributed by atoms with E-state index in [1.807, 2.05) is 0 Å². The summed E-state index contributed by atoms with van der Waals surface area (Å²) in [6.45, 7) is 1.05. The molecule has 1 aromatic rings. The zero-order valence-corrected chi connectivity index (χ0v) is 12.7. The summed E-state index contributed by atoms with van der Waals surface area (Å²) < 4.78 is 0.849. The number of nitro benzene ring substituents is 1. The van der Waals surface area contributed by atoms with Crippen LogP contribution in [0.2, 0.25) is 0 Å². The molecule has 0 unspecified atom stereocenters. The summed E-state index contributed by atoms with van der Waals surface area (Å²) in [5, 5.41) is 22.4. The van der Waals surface area contributed by atoms with E-state index >= 15 is 0 Å². The lowest BCUT2D eigenvalue weighted by Gasteiger charge is -2.08. The quantitative estimate of drug-likeness (QED) is 0.313. The third-order valence-corrected chi connectivity index (χ3v) is 4.13. The smallest absolute Gasteiger partial charge is 0.270 e. The van der Waals surface area contributed by atoms with Crippen LogP contribution in [0.3, 0.4) is 0 Å². The molecule has 2 N–H and O–H groups in total. The molecule has 0 saturated heterocycles. The third-order valence-electron chi connectivity index (χ3n) is 2.17. The van der Waals surface area contributed by atoms with Crippen molar-refractivity contribution in [1.82, 2.24) is 0 Å². The van der Waals surface area contributed by atoms with E-state index in [2.05, 4.69) is 27.9 Å². The van der Waals surface area contributed by atoms with Crippen LogP contribution in [0.1, 0.15) is 6.42 Å². The number of aliphatic hydroxyl groups is 1. The maximum Gasteiger partial charge on any atom is 0.270 e. The first-order valence-corrected chi connectivity index (χ1v) is 7.75. The Hall–Kier alpha value is -0.540. The second-order valence-electron chi connectivity index (χ2n) is 3.54. The minimum Gasteiger partial charge on any atom is -0.396 e. The van der Waals surface area contributed by atoms with Crippen LogP contribution >= 0.6 is 34.4 Å². The Morgan fingerprint density at radius 3 is 2.83 bits per heavy atom. The molecule has 0 atom stereocenters. The van der Waals surface area contributed by atoms with E-state index in [4.69, 9.17) is 5.11 Å². The minimum absolute atomic E-state index is 0.113. The molecule has 0 bridgehead atoms. The maximum absolute atomic E-state index is 10.6. The SMILES string of the molecule is O=[N+]([O-])c1ccc(NCCSCCCO)c(I)c1. The molecule has 0 aliphatic heterocycles.